The third kappa shape index (κ3) is 4.59. The minimum Gasteiger partial charge on any atom is -0.479 e. The van der Waals surface area contributed by atoms with Crippen LogP contribution in [0.1, 0.15) is 11.8 Å². The first-order valence-corrected chi connectivity index (χ1v) is 11.2. The number of nitrogen functional groups attached to an aromatic ring is 1. The number of nitrogens with zero attached hydrogens (tertiary/aromatic N) is 4. The number of fused-ring (bicyclic) bond motifs is 1. The van der Waals surface area contributed by atoms with Gasteiger partial charge in [-0.15, -0.1) is 0 Å². The van der Waals surface area contributed by atoms with Gasteiger partial charge in [-0.3, -0.25) is 9.09 Å². The van der Waals surface area contributed by atoms with Crippen LogP contribution in [0, 0.1) is 0 Å². The predicted molar refractivity (Wildman–Crippen MR) is 111 cm³/mol. The van der Waals surface area contributed by atoms with E-state index >= 15 is 0 Å². The zero-order chi connectivity index (χ0) is 22.9. The Hall–Kier alpha value is -2.64. The van der Waals surface area contributed by atoms with Crippen LogP contribution in [-0.2, 0) is 20.4 Å². The molecule has 1 aliphatic rings. The standard InChI is InChI=1S/C18H23N6O7P/c1-29-16-12-15(22-18(19)23-16)24(9-20-12)17-14(26)13(25)11(31-17)8-30-32(27,28)21-7-10-5-3-2-4-6-10/h2-6,9,11,13-14,17,25-26H,7-8H2,1H3,(H2,19,22,23)(H2,21,27,28)/t11-,13-,14+,17-/m1/s1. The number of hydrogen-bond acceptors (Lipinski definition) is 10. The molecule has 0 aliphatic carbocycles. The van der Waals surface area contributed by atoms with Crippen LogP contribution in [-0.4, -0.2) is 66.7 Å². The zero-order valence-electron chi connectivity index (χ0n) is 17.0. The number of aliphatic hydroxyl groups excluding tert-OH is 2. The van der Waals surface area contributed by atoms with Gasteiger partial charge in [-0.2, -0.15) is 9.97 Å². The molecule has 5 atom stereocenters. The van der Waals surface area contributed by atoms with E-state index in [4.69, 9.17) is 19.7 Å². The Kier molecular flexibility index (Phi) is 6.40. The van der Waals surface area contributed by atoms with Crippen molar-refractivity contribution in [1.29, 1.82) is 0 Å². The quantitative estimate of drug-likeness (QED) is 0.279. The Morgan fingerprint density at radius 3 is 2.72 bits per heavy atom. The molecule has 13 nitrogen and oxygen atoms in total. The summed E-state index contributed by atoms with van der Waals surface area (Å²) in [6.07, 6.45) is -3.64. The first-order chi connectivity index (χ1) is 15.3. The van der Waals surface area contributed by atoms with Gasteiger partial charge in [-0.1, -0.05) is 30.3 Å². The maximum Gasteiger partial charge on any atom is 0.403 e. The molecule has 32 heavy (non-hydrogen) atoms. The number of nitrogens with two attached hydrogens (primary N) is 1. The van der Waals surface area contributed by atoms with Crippen LogP contribution in [0.25, 0.3) is 11.2 Å². The smallest absolute Gasteiger partial charge is 0.403 e. The molecule has 1 fully saturated rings. The van der Waals surface area contributed by atoms with Crippen LogP contribution >= 0.6 is 7.75 Å². The van der Waals surface area contributed by atoms with E-state index in [9.17, 15) is 19.7 Å². The number of aliphatic hydroxyl groups is 2. The summed E-state index contributed by atoms with van der Waals surface area (Å²) in [6.45, 7) is -0.338. The second-order valence-electron chi connectivity index (χ2n) is 7.10. The van der Waals surface area contributed by atoms with Gasteiger partial charge in [-0.25, -0.2) is 14.6 Å². The first-order valence-electron chi connectivity index (χ1n) is 9.61. The van der Waals surface area contributed by atoms with Crippen molar-refractivity contribution in [1.82, 2.24) is 24.6 Å². The SMILES string of the molecule is COc1nc(N)nc2c1ncn2[C@@H]1O[C@H](COP(=O)(O)NCc2ccccc2)[C@@H](O)[C@@H]1O. The van der Waals surface area contributed by atoms with Gasteiger partial charge in [0.15, 0.2) is 17.4 Å². The predicted octanol–water partition coefficient (Wildman–Crippen LogP) is -0.0569. The van der Waals surface area contributed by atoms with Crippen LogP contribution in [0.2, 0.25) is 0 Å². The maximum absolute atomic E-state index is 12.3. The fourth-order valence-electron chi connectivity index (χ4n) is 3.34. The van der Waals surface area contributed by atoms with Gasteiger partial charge in [0.05, 0.1) is 20.0 Å². The molecule has 0 bridgehead atoms. The molecule has 6 N–H and O–H groups in total. The van der Waals surface area contributed by atoms with Gasteiger partial charge in [-0.05, 0) is 5.56 Å². The van der Waals surface area contributed by atoms with E-state index < -0.39 is 38.9 Å². The summed E-state index contributed by atoms with van der Waals surface area (Å²) in [7, 11) is -2.79. The molecule has 3 aromatic rings. The number of ether oxygens (including phenoxy) is 2. The van der Waals surface area contributed by atoms with Gasteiger partial charge in [0.2, 0.25) is 11.8 Å². The van der Waals surface area contributed by atoms with E-state index in [2.05, 4.69) is 20.0 Å². The van der Waals surface area contributed by atoms with E-state index in [0.717, 1.165) is 5.56 Å². The van der Waals surface area contributed by atoms with Crippen molar-refractivity contribution in [3.63, 3.8) is 0 Å². The minimum atomic E-state index is -4.19. The highest BCUT2D eigenvalue weighted by Gasteiger charge is 2.45. The monoisotopic (exact) mass is 466 g/mol. The Morgan fingerprint density at radius 2 is 2.00 bits per heavy atom. The van der Waals surface area contributed by atoms with Crippen LogP contribution in [0.15, 0.2) is 36.7 Å². The number of aromatic nitrogens is 4. The minimum absolute atomic E-state index is 0.0743. The summed E-state index contributed by atoms with van der Waals surface area (Å²) in [6, 6.07) is 9.02. The van der Waals surface area contributed by atoms with Gasteiger partial charge in [0, 0.05) is 6.54 Å². The van der Waals surface area contributed by atoms with E-state index in [0.29, 0.717) is 0 Å². The Morgan fingerprint density at radius 1 is 1.25 bits per heavy atom. The average Bonchev–Trinajstić information content (AvgIpc) is 3.32. The van der Waals surface area contributed by atoms with Crippen molar-refractivity contribution in [2.24, 2.45) is 0 Å². The van der Waals surface area contributed by atoms with E-state index in [1.54, 1.807) is 24.3 Å². The Balaban J connectivity index is 1.44. The molecule has 172 valence electrons. The van der Waals surface area contributed by atoms with Crippen molar-refractivity contribution < 1.29 is 33.7 Å². The molecule has 0 radical (unpaired) electrons. The molecular weight excluding hydrogens is 443 g/mol. The number of methoxy groups -OCH3 is 1. The molecule has 1 saturated heterocycles. The molecule has 2 aromatic heterocycles. The Labute approximate surface area is 182 Å². The lowest BCUT2D eigenvalue weighted by atomic mass is 10.1. The lowest BCUT2D eigenvalue weighted by Crippen LogP contribution is -2.34. The summed E-state index contributed by atoms with van der Waals surface area (Å²) in [4.78, 5) is 22.2. The van der Waals surface area contributed by atoms with Crippen LogP contribution in [0.4, 0.5) is 5.95 Å². The van der Waals surface area contributed by atoms with Gasteiger partial charge >= 0.3 is 7.75 Å². The fraction of sp³-hybridized carbons (Fsp3) is 0.389. The van der Waals surface area contributed by atoms with Gasteiger partial charge < -0.3 is 30.3 Å². The highest BCUT2D eigenvalue weighted by Crippen LogP contribution is 2.40. The molecule has 4 rings (SSSR count). The summed E-state index contributed by atoms with van der Waals surface area (Å²) in [5.41, 5.74) is 7.01. The molecule has 0 saturated carbocycles. The number of imidazole rings is 1. The zero-order valence-corrected chi connectivity index (χ0v) is 17.9. The van der Waals surface area contributed by atoms with Gasteiger partial charge in [0.1, 0.15) is 18.3 Å². The Bertz CT molecular complexity index is 1130. The van der Waals surface area contributed by atoms with Crippen LogP contribution in [0.5, 0.6) is 5.88 Å². The lowest BCUT2D eigenvalue weighted by molar-refractivity contribution is -0.0487. The molecule has 3 heterocycles. The third-order valence-corrected chi connectivity index (χ3v) is 6.01. The molecule has 1 aliphatic heterocycles. The summed E-state index contributed by atoms with van der Waals surface area (Å²) in [5.74, 6) is 0.0691. The summed E-state index contributed by atoms with van der Waals surface area (Å²) < 4.78 is 29.6. The maximum atomic E-state index is 12.3. The number of rotatable bonds is 8. The highest BCUT2D eigenvalue weighted by atomic mass is 31.2. The largest absolute Gasteiger partial charge is 0.479 e. The second kappa shape index (κ2) is 9.08. The van der Waals surface area contributed by atoms with E-state index in [-0.39, 0.29) is 29.5 Å². The number of benzene rings is 1. The van der Waals surface area contributed by atoms with Crippen molar-refractivity contribution in [2.75, 3.05) is 19.5 Å². The first kappa shape index (κ1) is 22.6. The molecule has 14 heteroatoms. The van der Waals surface area contributed by atoms with Crippen LogP contribution in [0.3, 0.4) is 0 Å². The average molecular weight is 466 g/mol. The lowest BCUT2D eigenvalue weighted by Gasteiger charge is -2.18. The summed E-state index contributed by atoms with van der Waals surface area (Å²) in [5, 5.41) is 23.3. The molecular formula is C18H23N6O7P. The van der Waals surface area contributed by atoms with Crippen molar-refractivity contribution in [3.8, 4) is 5.88 Å². The molecule has 1 unspecified atom stereocenters. The number of anilines is 1. The highest BCUT2D eigenvalue weighted by molar-refractivity contribution is 7.50. The topological polar surface area (TPSA) is 187 Å². The van der Waals surface area contributed by atoms with Crippen molar-refractivity contribution >= 4 is 24.9 Å². The molecule has 1 aromatic carbocycles. The third-order valence-electron chi connectivity index (χ3n) is 4.95. The molecule has 0 amide bonds. The number of nitrogens with one attached hydrogen (secondary N) is 1. The normalized spacial score (nSPS) is 25.1. The van der Waals surface area contributed by atoms with E-state index in [1.807, 2.05) is 6.07 Å². The van der Waals surface area contributed by atoms with Crippen molar-refractivity contribution in [2.45, 2.75) is 31.1 Å². The summed E-state index contributed by atoms with van der Waals surface area (Å²) >= 11 is 0. The second-order valence-corrected chi connectivity index (χ2v) is 8.71. The van der Waals surface area contributed by atoms with Crippen molar-refractivity contribution in [3.05, 3.63) is 42.2 Å². The number of hydrogen-bond donors (Lipinski definition) is 5. The van der Waals surface area contributed by atoms with Crippen LogP contribution < -0.4 is 15.6 Å². The van der Waals surface area contributed by atoms with Gasteiger partial charge in [0.25, 0.3) is 0 Å². The fourth-order valence-corrected chi connectivity index (χ4v) is 4.16. The molecule has 0 spiro atoms. The van der Waals surface area contributed by atoms with E-state index in [1.165, 1.54) is 18.0 Å².